The largest absolute Gasteiger partial charge is 0.398 e. The predicted molar refractivity (Wildman–Crippen MR) is 238 cm³/mol. The van der Waals surface area contributed by atoms with E-state index in [9.17, 15) is 0 Å². The van der Waals surface area contributed by atoms with Crippen LogP contribution in [0, 0.1) is 12.3 Å². The number of benzene rings is 9. The third-order valence-corrected chi connectivity index (χ3v) is 11.0. The monoisotopic (exact) mass is 718 g/mol. The number of fused-ring (bicyclic) bond motifs is 11. The highest BCUT2D eigenvalue weighted by atomic mass is 15.0. The van der Waals surface area contributed by atoms with Crippen molar-refractivity contribution in [3.63, 3.8) is 0 Å². The van der Waals surface area contributed by atoms with Crippen molar-refractivity contribution < 1.29 is 0 Å². The smallest absolute Gasteiger partial charge is 0.0705 e. The van der Waals surface area contributed by atoms with E-state index in [4.69, 9.17) is 11.1 Å². The Morgan fingerprint density at radius 2 is 0.982 bits per heavy atom. The number of rotatable bonds is 4. The average molecular weight is 719 g/mol. The number of para-hydroxylation sites is 4. The van der Waals surface area contributed by atoms with E-state index in [1.807, 2.05) is 54.6 Å². The SMILES string of the molecule is Cc1ccc(-n2c3ccccc3c3c4ccc5ccc6c7ccccc7n(-c7ccccc7)c6c5c4ccc32)cc1.N=C(c1ccccc1)c1ccccc1N. The third kappa shape index (κ3) is 5.34. The molecular formula is C52H38N4. The highest BCUT2D eigenvalue weighted by molar-refractivity contribution is 6.31. The molecule has 0 saturated carbocycles. The van der Waals surface area contributed by atoms with Crippen LogP contribution in [0.25, 0.3) is 76.5 Å². The molecule has 0 saturated heterocycles. The predicted octanol–water partition coefficient (Wildman–Crippen LogP) is 13.2. The Bertz CT molecular complexity index is 3260. The van der Waals surface area contributed by atoms with Gasteiger partial charge in [0, 0.05) is 55.1 Å². The fourth-order valence-corrected chi connectivity index (χ4v) is 8.45. The van der Waals surface area contributed by atoms with Crippen molar-refractivity contribution in [2.75, 3.05) is 5.73 Å². The summed E-state index contributed by atoms with van der Waals surface area (Å²) in [4.78, 5) is 0. The number of aryl methyl sites for hydroxylation is 1. The van der Waals surface area contributed by atoms with Crippen molar-refractivity contribution in [3.05, 3.63) is 211 Å². The molecule has 0 aliphatic heterocycles. The Hall–Kier alpha value is -7.43. The van der Waals surface area contributed by atoms with Crippen molar-refractivity contribution in [2.24, 2.45) is 0 Å². The molecule has 0 spiro atoms. The van der Waals surface area contributed by atoms with Gasteiger partial charge in [0.1, 0.15) is 0 Å². The van der Waals surface area contributed by atoms with Crippen LogP contribution in [0.15, 0.2) is 194 Å². The Morgan fingerprint density at radius 3 is 1.71 bits per heavy atom. The molecule has 56 heavy (non-hydrogen) atoms. The van der Waals surface area contributed by atoms with Gasteiger partial charge < -0.3 is 14.9 Å². The van der Waals surface area contributed by atoms with Gasteiger partial charge >= 0.3 is 0 Å². The van der Waals surface area contributed by atoms with Gasteiger partial charge in [0.15, 0.2) is 0 Å². The summed E-state index contributed by atoms with van der Waals surface area (Å²) >= 11 is 0. The van der Waals surface area contributed by atoms with Crippen molar-refractivity contribution in [2.45, 2.75) is 6.92 Å². The van der Waals surface area contributed by atoms with Crippen LogP contribution in [0.5, 0.6) is 0 Å². The Labute approximate surface area is 324 Å². The van der Waals surface area contributed by atoms with Crippen LogP contribution in [-0.2, 0) is 0 Å². The van der Waals surface area contributed by atoms with Crippen molar-refractivity contribution in [1.82, 2.24) is 9.13 Å². The van der Waals surface area contributed by atoms with Gasteiger partial charge in [-0.2, -0.15) is 0 Å². The van der Waals surface area contributed by atoms with Gasteiger partial charge in [0.25, 0.3) is 0 Å². The zero-order valence-electron chi connectivity index (χ0n) is 30.9. The minimum Gasteiger partial charge on any atom is -0.398 e. The van der Waals surface area contributed by atoms with Gasteiger partial charge in [-0.15, -0.1) is 0 Å². The fraction of sp³-hybridized carbons (Fsp3) is 0.0192. The Morgan fingerprint density at radius 1 is 0.429 bits per heavy atom. The summed E-state index contributed by atoms with van der Waals surface area (Å²) in [5.74, 6) is 0. The normalized spacial score (nSPS) is 11.4. The molecule has 11 rings (SSSR count). The van der Waals surface area contributed by atoms with Crippen molar-refractivity contribution >= 4 is 76.6 Å². The molecule has 0 aliphatic rings. The second kappa shape index (κ2) is 13.5. The molecule has 2 aromatic heterocycles. The lowest BCUT2D eigenvalue weighted by molar-refractivity contribution is 1.18. The molecular weight excluding hydrogens is 681 g/mol. The van der Waals surface area contributed by atoms with Gasteiger partial charge in [-0.05, 0) is 71.6 Å². The van der Waals surface area contributed by atoms with Gasteiger partial charge in [-0.1, -0.05) is 151 Å². The van der Waals surface area contributed by atoms with Crippen molar-refractivity contribution in [1.29, 1.82) is 5.41 Å². The molecule has 0 atom stereocenters. The first-order chi connectivity index (χ1) is 27.6. The van der Waals surface area contributed by atoms with Crippen LogP contribution in [-0.4, -0.2) is 14.8 Å². The third-order valence-electron chi connectivity index (χ3n) is 11.0. The van der Waals surface area contributed by atoms with E-state index in [-0.39, 0.29) is 0 Å². The van der Waals surface area contributed by atoms with E-state index in [0.29, 0.717) is 11.4 Å². The van der Waals surface area contributed by atoms with Gasteiger partial charge in [-0.3, -0.25) is 5.41 Å². The quantitative estimate of drug-likeness (QED) is 0.106. The summed E-state index contributed by atoms with van der Waals surface area (Å²) in [6.45, 7) is 2.14. The lowest BCUT2D eigenvalue weighted by atomic mass is 9.96. The summed E-state index contributed by atoms with van der Waals surface area (Å²) in [5, 5.41) is 18.3. The Balaban J connectivity index is 0.000000216. The number of hydrogen-bond donors (Lipinski definition) is 2. The van der Waals surface area contributed by atoms with E-state index in [0.717, 1.165) is 11.1 Å². The lowest BCUT2D eigenvalue weighted by Gasteiger charge is -2.13. The standard InChI is InChI=1S/C39H26N2.C13H12N2/c1-25-15-19-28(20-16-25)40-35-14-8-6-12-33(35)38-31-21-17-26-18-22-32-29-11-5-7-13-34(29)41(27-9-3-2-4-10-27)39(32)37(26)30(31)23-24-36(38)40;14-12-9-5-4-8-11(12)13(15)10-6-2-1-3-7-10/h2-24H,1H3;1-9,15H,14H2. The minimum atomic E-state index is 0.466. The first kappa shape index (κ1) is 33.2. The van der Waals surface area contributed by atoms with E-state index in [1.165, 1.54) is 82.1 Å². The topological polar surface area (TPSA) is 59.7 Å². The number of nitrogens with zero attached hydrogens (tertiary/aromatic N) is 2. The fourth-order valence-electron chi connectivity index (χ4n) is 8.45. The summed E-state index contributed by atoms with van der Waals surface area (Å²) in [5.41, 5.74) is 17.2. The molecule has 266 valence electrons. The molecule has 0 bridgehead atoms. The molecule has 0 fully saturated rings. The molecule has 3 N–H and O–H groups in total. The number of nitrogens with two attached hydrogens (primary N) is 1. The Kier molecular flexibility index (Phi) is 7.97. The second-order valence-corrected chi connectivity index (χ2v) is 14.4. The van der Waals surface area contributed by atoms with Gasteiger partial charge in [0.05, 0.1) is 27.8 Å². The van der Waals surface area contributed by atoms with Gasteiger partial charge in [0.2, 0.25) is 0 Å². The first-order valence-electron chi connectivity index (χ1n) is 19.0. The number of nitrogen functional groups attached to an aromatic ring is 1. The lowest BCUT2D eigenvalue weighted by Crippen LogP contribution is -2.04. The molecule has 11 aromatic rings. The van der Waals surface area contributed by atoms with E-state index >= 15 is 0 Å². The van der Waals surface area contributed by atoms with Crippen LogP contribution in [0.2, 0.25) is 0 Å². The maximum atomic E-state index is 8.03. The molecule has 0 radical (unpaired) electrons. The maximum absolute atomic E-state index is 8.03. The molecule has 0 amide bonds. The highest BCUT2D eigenvalue weighted by Gasteiger charge is 2.19. The maximum Gasteiger partial charge on any atom is 0.0705 e. The highest BCUT2D eigenvalue weighted by Crippen LogP contribution is 2.43. The van der Waals surface area contributed by atoms with E-state index in [1.54, 1.807) is 0 Å². The molecule has 2 heterocycles. The minimum absolute atomic E-state index is 0.466. The summed E-state index contributed by atoms with van der Waals surface area (Å²) in [7, 11) is 0. The van der Waals surface area contributed by atoms with E-state index in [2.05, 4.69) is 156 Å². The number of nitrogens with one attached hydrogen (secondary N) is 1. The summed E-state index contributed by atoms with van der Waals surface area (Å²) in [6, 6.07) is 68.2. The van der Waals surface area contributed by atoms with Crippen molar-refractivity contribution in [3.8, 4) is 11.4 Å². The van der Waals surface area contributed by atoms with Crippen LogP contribution in [0.4, 0.5) is 5.69 Å². The van der Waals surface area contributed by atoms with Crippen LogP contribution >= 0.6 is 0 Å². The van der Waals surface area contributed by atoms with E-state index < -0.39 is 0 Å². The zero-order chi connectivity index (χ0) is 37.8. The molecule has 4 nitrogen and oxygen atoms in total. The number of aromatic nitrogens is 2. The molecule has 0 aliphatic carbocycles. The average Bonchev–Trinajstić information content (AvgIpc) is 3.78. The summed E-state index contributed by atoms with van der Waals surface area (Å²) < 4.78 is 4.86. The summed E-state index contributed by atoms with van der Waals surface area (Å²) in [6.07, 6.45) is 0. The molecule has 0 unspecified atom stereocenters. The zero-order valence-corrected chi connectivity index (χ0v) is 30.9. The second-order valence-electron chi connectivity index (χ2n) is 14.4. The molecule has 4 heteroatoms. The number of hydrogen-bond acceptors (Lipinski definition) is 2. The van der Waals surface area contributed by atoms with Crippen LogP contribution in [0.3, 0.4) is 0 Å². The molecule has 9 aromatic carbocycles. The van der Waals surface area contributed by atoms with Crippen LogP contribution < -0.4 is 5.73 Å². The van der Waals surface area contributed by atoms with Gasteiger partial charge in [-0.25, -0.2) is 0 Å². The first-order valence-corrected chi connectivity index (χ1v) is 19.0. The number of anilines is 1. The van der Waals surface area contributed by atoms with Crippen LogP contribution in [0.1, 0.15) is 16.7 Å².